The van der Waals surface area contributed by atoms with Gasteiger partial charge in [0.2, 0.25) is 5.78 Å². The van der Waals surface area contributed by atoms with Gasteiger partial charge in [-0.3, -0.25) is 4.79 Å². The number of carbonyl (C=O) groups is 1. The predicted octanol–water partition coefficient (Wildman–Crippen LogP) is 5.55. The molecule has 0 fully saturated rings. The fourth-order valence-electron chi connectivity index (χ4n) is 3.07. The predicted molar refractivity (Wildman–Crippen MR) is 115 cm³/mol. The molecule has 3 nitrogen and oxygen atoms in total. The molecule has 4 aromatic carbocycles. The van der Waals surface area contributed by atoms with Gasteiger partial charge in [0.05, 0.1) is 6.21 Å². The van der Waals surface area contributed by atoms with E-state index in [1.165, 1.54) is 0 Å². The van der Waals surface area contributed by atoms with Crippen molar-refractivity contribution < 1.29 is 4.79 Å². The SMILES string of the molecule is O=C(C(=NN=Cc1cccc2ccccc12)c1ccccc1)c1ccccc1. The van der Waals surface area contributed by atoms with Gasteiger partial charge in [0.15, 0.2) is 0 Å². The standard InChI is InChI=1S/C25H18N2O/c28-25(21-13-5-2-6-14-21)24(20-11-3-1-4-12-20)27-26-18-22-16-9-15-19-10-7-8-17-23(19)22/h1-18H. The van der Waals surface area contributed by atoms with E-state index < -0.39 is 0 Å². The van der Waals surface area contributed by atoms with Gasteiger partial charge in [0.1, 0.15) is 5.71 Å². The first-order chi connectivity index (χ1) is 13.8. The topological polar surface area (TPSA) is 41.8 Å². The van der Waals surface area contributed by atoms with Crippen LogP contribution in [0.2, 0.25) is 0 Å². The molecular weight excluding hydrogens is 344 g/mol. The highest BCUT2D eigenvalue weighted by molar-refractivity contribution is 6.51. The molecule has 0 heterocycles. The number of ketones is 1. The van der Waals surface area contributed by atoms with Crippen LogP contribution in [0.4, 0.5) is 0 Å². The molecule has 0 amide bonds. The monoisotopic (exact) mass is 362 g/mol. The van der Waals surface area contributed by atoms with E-state index in [-0.39, 0.29) is 5.78 Å². The van der Waals surface area contributed by atoms with Gasteiger partial charge in [-0.05, 0) is 10.8 Å². The van der Waals surface area contributed by atoms with Crippen LogP contribution in [0.15, 0.2) is 113 Å². The second-order valence-electron chi connectivity index (χ2n) is 6.32. The van der Waals surface area contributed by atoms with Gasteiger partial charge in [-0.2, -0.15) is 5.10 Å². The van der Waals surface area contributed by atoms with Gasteiger partial charge < -0.3 is 0 Å². The Morgan fingerprint density at radius 2 is 1.25 bits per heavy atom. The number of Topliss-reactive ketones (excluding diaryl/α,β-unsaturated/α-hetero) is 1. The zero-order valence-electron chi connectivity index (χ0n) is 15.2. The Labute approximate surface area is 163 Å². The maximum Gasteiger partial charge on any atom is 0.213 e. The van der Waals surface area contributed by atoms with Gasteiger partial charge >= 0.3 is 0 Å². The van der Waals surface area contributed by atoms with Crippen molar-refractivity contribution in [2.24, 2.45) is 10.2 Å². The summed E-state index contributed by atoms with van der Waals surface area (Å²) in [6, 6.07) is 32.7. The first-order valence-electron chi connectivity index (χ1n) is 9.07. The molecule has 0 unspecified atom stereocenters. The molecule has 0 bridgehead atoms. The minimum atomic E-state index is -0.151. The van der Waals surface area contributed by atoms with Gasteiger partial charge in [-0.1, -0.05) is 103 Å². The van der Waals surface area contributed by atoms with Crippen LogP contribution in [-0.2, 0) is 0 Å². The third kappa shape index (κ3) is 3.79. The molecule has 0 atom stereocenters. The lowest BCUT2D eigenvalue weighted by molar-refractivity contribution is 0.106. The second-order valence-corrected chi connectivity index (χ2v) is 6.32. The third-order valence-corrected chi connectivity index (χ3v) is 4.48. The van der Waals surface area contributed by atoms with Crippen LogP contribution in [0.25, 0.3) is 10.8 Å². The molecule has 0 aliphatic heterocycles. The van der Waals surface area contributed by atoms with E-state index in [0.29, 0.717) is 11.3 Å². The summed E-state index contributed by atoms with van der Waals surface area (Å²) in [4.78, 5) is 13.0. The van der Waals surface area contributed by atoms with Crippen LogP contribution in [0.1, 0.15) is 21.5 Å². The highest BCUT2D eigenvalue weighted by Crippen LogP contribution is 2.17. The molecule has 4 rings (SSSR count). The average Bonchev–Trinajstić information content (AvgIpc) is 2.77. The summed E-state index contributed by atoms with van der Waals surface area (Å²) in [5, 5.41) is 10.8. The minimum absolute atomic E-state index is 0.151. The summed E-state index contributed by atoms with van der Waals surface area (Å²) >= 11 is 0. The van der Waals surface area contributed by atoms with E-state index in [9.17, 15) is 4.79 Å². The molecule has 0 aromatic heterocycles. The first-order valence-corrected chi connectivity index (χ1v) is 9.07. The summed E-state index contributed by atoms with van der Waals surface area (Å²) in [6.07, 6.45) is 1.70. The summed E-state index contributed by atoms with van der Waals surface area (Å²) in [7, 11) is 0. The number of carbonyl (C=O) groups excluding carboxylic acids is 1. The molecule has 0 saturated heterocycles. The Morgan fingerprint density at radius 1 is 0.643 bits per heavy atom. The van der Waals surface area contributed by atoms with Crippen molar-refractivity contribution in [1.82, 2.24) is 0 Å². The zero-order chi connectivity index (χ0) is 19.2. The van der Waals surface area contributed by atoms with E-state index in [2.05, 4.69) is 22.3 Å². The molecule has 3 heteroatoms. The molecule has 28 heavy (non-hydrogen) atoms. The summed E-state index contributed by atoms with van der Waals surface area (Å²) in [5.41, 5.74) is 2.61. The zero-order valence-corrected chi connectivity index (χ0v) is 15.2. The summed E-state index contributed by atoms with van der Waals surface area (Å²) in [5.74, 6) is -0.151. The lowest BCUT2D eigenvalue weighted by Crippen LogP contribution is -2.15. The third-order valence-electron chi connectivity index (χ3n) is 4.48. The van der Waals surface area contributed by atoms with Crippen molar-refractivity contribution in [2.45, 2.75) is 0 Å². The molecule has 0 aliphatic carbocycles. The quantitative estimate of drug-likeness (QED) is 0.261. The lowest BCUT2D eigenvalue weighted by atomic mass is 10.0. The van der Waals surface area contributed by atoms with Crippen molar-refractivity contribution >= 4 is 28.5 Å². The van der Waals surface area contributed by atoms with Crippen LogP contribution >= 0.6 is 0 Å². The van der Waals surface area contributed by atoms with E-state index in [1.54, 1.807) is 18.3 Å². The molecule has 0 radical (unpaired) electrons. The van der Waals surface area contributed by atoms with Gasteiger partial charge in [-0.25, -0.2) is 0 Å². The number of hydrogen-bond acceptors (Lipinski definition) is 3. The number of benzene rings is 4. The van der Waals surface area contributed by atoms with Crippen molar-refractivity contribution in [1.29, 1.82) is 0 Å². The molecule has 134 valence electrons. The maximum absolute atomic E-state index is 13.0. The number of fused-ring (bicyclic) bond motifs is 1. The van der Waals surface area contributed by atoms with Crippen LogP contribution in [0.5, 0.6) is 0 Å². The lowest BCUT2D eigenvalue weighted by Gasteiger charge is -2.05. The average molecular weight is 362 g/mol. The fraction of sp³-hybridized carbons (Fsp3) is 0. The number of rotatable bonds is 5. The fourth-order valence-corrected chi connectivity index (χ4v) is 3.07. The molecular formula is C25H18N2O. The van der Waals surface area contributed by atoms with E-state index in [1.807, 2.05) is 78.9 Å². The largest absolute Gasteiger partial charge is 0.287 e. The Kier molecular flexibility index (Phi) is 5.16. The van der Waals surface area contributed by atoms with Crippen molar-refractivity contribution in [3.63, 3.8) is 0 Å². The highest BCUT2D eigenvalue weighted by atomic mass is 16.1. The molecule has 0 aliphatic rings. The highest BCUT2D eigenvalue weighted by Gasteiger charge is 2.16. The van der Waals surface area contributed by atoms with Gasteiger partial charge in [0.25, 0.3) is 0 Å². The Balaban J connectivity index is 1.73. The molecule has 0 spiro atoms. The number of hydrogen-bond donors (Lipinski definition) is 0. The van der Waals surface area contributed by atoms with E-state index in [0.717, 1.165) is 21.9 Å². The molecule has 4 aromatic rings. The van der Waals surface area contributed by atoms with Gasteiger partial charge in [0, 0.05) is 16.7 Å². The molecule has 0 N–H and O–H groups in total. The van der Waals surface area contributed by atoms with Crippen molar-refractivity contribution in [3.8, 4) is 0 Å². The first kappa shape index (κ1) is 17.6. The smallest absolute Gasteiger partial charge is 0.213 e. The Bertz CT molecular complexity index is 1160. The minimum Gasteiger partial charge on any atom is -0.287 e. The van der Waals surface area contributed by atoms with Crippen molar-refractivity contribution in [3.05, 3.63) is 120 Å². The van der Waals surface area contributed by atoms with Crippen LogP contribution in [-0.4, -0.2) is 17.7 Å². The van der Waals surface area contributed by atoms with Gasteiger partial charge in [-0.15, -0.1) is 5.10 Å². The second kappa shape index (κ2) is 8.23. The Hall–Kier alpha value is -3.85. The van der Waals surface area contributed by atoms with Crippen molar-refractivity contribution in [2.75, 3.05) is 0 Å². The summed E-state index contributed by atoms with van der Waals surface area (Å²) < 4.78 is 0. The van der Waals surface area contributed by atoms with Crippen LogP contribution in [0.3, 0.4) is 0 Å². The summed E-state index contributed by atoms with van der Waals surface area (Å²) in [6.45, 7) is 0. The maximum atomic E-state index is 13.0. The van der Waals surface area contributed by atoms with E-state index in [4.69, 9.17) is 0 Å². The molecule has 0 saturated carbocycles. The number of nitrogens with zero attached hydrogens (tertiary/aromatic N) is 2. The van der Waals surface area contributed by atoms with Crippen LogP contribution < -0.4 is 0 Å². The van der Waals surface area contributed by atoms with Crippen LogP contribution in [0, 0.1) is 0 Å². The van der Waals surface area contributed by atoms with E-state index >= 15 is 0 Å². The Morgan fingerprint density at radius 3 is 2.00 bits per heavy atom. The normalized spacial score (nSPS) is 11.8.